The molecule has 2 aromatic carbocycles. The van der Waals surface area contributed by atoms with Crippen molar-refractivity contribution in [1.29, 1.82) is 0 Å². The quantitative estimate of drug-likeness (QED) is 0.599. The van der Waals surface area contributed by atoms with Crippen LogP contribution in [0.2, 0.25) is 0 Å². The standard InChI is InChI=1S/C23H24FN3O2S/c1-17-2-8-21(9-3-17)29-15-22(28)27-12-10-26(11-13-27)14-20-16-30-23(25-20)18-4-6-19(24)7-5-18/h2-9,16H,10-15H2,1H3. The Bertz CT molecular complexity index is 980. The minimum absolute atomic E-state index is 0.0162. The summed E-state index contributed by atoms with van der Waals surface area (Å²) in [4.78, 5) is 21.3. The maximum atomic E-state index is 13.1. The fourth-order valence-corrected chi connectivity index (χ4v) is 4.18. The van der Waals surface area contributed by atoms with E-state index >= 15 is 0 Å². The molecule has 0 radical (unpaired) electrons. The molecule has 1 fully saturated rings. The molecular formula is C23H24FN3O2S. The summed E-state index contributed by atoms with van der Waals surface area (Å²) in [5.74, 6) is 0.489. The second-order valence-electron chi connectivity index (χ2n) is 7.41. The number of carbonyl (C=O) groups is 1. The molecule has 156 valence electrons. The number of hydrogen-bond acceptors (Lipinski definition) is 5. The molecular weight excluding hydrogens is 401 g/mol. The van der Waals surface area contributed by atoms with Crippen LogP contribution >= 0.6 is 11.3 Å². The summed E-state index contributed by atoms with van der Waals surface area (Å²) in [7, 11) is 0. The molecule has 3 aromatic rings. The zero-order valence-corrected chi connectivity index (χ0v) is 17.7. The van der Waals surface area contributed by atoms with Crippen molar-refractivity contribution in [3.05, 3.63) is 71.0 Å². The van der Waals surface area contributed by atoms with Crippen LogP contribution in [0, 0.1) is 12.7 Å². The minimum atomic E-state index is -0.243. The molecule has 30 heavy (non-hydrogen) atoms. The van der Waals surface area contributed by atoms with Crippen LogP contribution < -0.4 is 4.74 Å². The number of rotatable bonds is 6. The van der Waals surface area contributed by atoms with E-state index in [1.54, 1.807) is 23.5 Å². The Kier molecular flexibility index (Phi) is 6.40. The zero-order chi connectivity index (χ0) is 20.9. The highest BCUT2D eigenvalue weighted by Crippen LogP contribution is 2.24. The van der Waals surface area contributed by atoms with E-state index in [9.17, 15) is 9.18 Å². The van der Waals surface area contributed by atoms with Crippen molar-refractivity contribution in [2.45, 2.75) is 13.5 Å². The molecule has 0 aliphatic carbocycles. The highest BCUT2D eigenvalue weighted by Gasteiger charge is 2.22. The predicted molar refractivity (Wildman–Crippen MR) is 116 cm³/mol. The lowest BCUT2D eigenvalue weighted by Crippen LogP contribution is -2.49. The number of nitrogens with zero attached hydrogens (tertiary/aromatic N) is 3. The van der Waals surface area contributed by atoms with Crippen LogP contribution in [0.4, 0.5) is 4.39 Å². The number of aryl methyl sites for hydroxylation is 1. The van der Waals surface area contributed by atoms with E-state index in [1.165, 1.54) is 12.1 Å². The molecule has 0 bridgehead atoms. The fraction of sp³-hybridized carbons (Fsp3) is 0.304. The van der Waals surface area contributed by atoms with Gasteiger partial charge >= 0.3 is 0 Å². The van der Waals surface area contributed by atoms with Gasteiger partial charge in [0.2, 0.25) is 0 Å². The van der Waals surface area contributed by atoms with Gasteiger partial charge in [-0.2, -0.15) is 0 Å². The number of benzene rings is 2. The summed E-state index contributed by atoms with van der Waals surface area (Å²) in [5, 5.41) is 2.94. The van der Waals surface area contributed by atoms with Crippen LogP contribution in [0.1, 0.15) is 11.3 Å². The summed E-state index contributed by atoms with van der Waals surface area (Å²) >= 11 is 1.57. The molecule has 2 heterocycles. The lowest BCUT2D eigenvalue weighted by molar-refractivity contribution is -0.135. The molecule has 1 aliphatic rings. The Hall–Kier alpha value is -2.77. The molecule has 1 saturated heterocycles. The van der Waals surface area contributed by atoms with Crippen molar-refractivity contribution < 1.29 is 13.9 Å². The van der Waals surface area contributed by atoms with Gasteiger partial charge in [0.1, 0.15) is 16.6 Å². The van der Waals surface area contributed by atoms with E-state index in [4.69, 9.17) is 4.74 Å². The Balaban J connectivity index is 1.24. The molecule has 1 amide bonds. The highest BCUT2D eigenvalue weighted by molar-refractivity contribution is 7.13. The Morgan fingerprint density at radius 3 is 2.47 bits per heavy atom. The molecule has 0 atom stereocenters. The van der Waals surface area contributed by atoms with Crippen molar-refractivity contribution in [3.8, 4) is 16.3 Å². The van der Waals surface area contributed by atoms with Gasteiger partial charge in [0.15, 0.2) is 6.61 Å². The van der Waals surface area contributed by atoms with Crippen molar-refractivity contribution in [1.82, 2.24) is 14.8 Å². The lowest BCUT2D eigenvalue weighted by Gasteiger charge is -2.34. The van der Waals surface area contributed by atoms with E-state index in [1.807, 2.05) is 41.5 Å². The first-order valence-electron chi connectivity index (χ1n) is 9.97. The van der Waals surface area contributed by atoms with Crippen molar-refractivity contribution in [3.63, 3.8) is 0 Å². The maximum Gasteiger partial charge on any atom is 0.260 e. The summed E-state index contributed by atoms with van der Waals surface area (Å²) in [6.07, 6.45) is 0. The number of thiazole rings is 1. The number of amides is 1. The summed E-state index contributed by atoms with van der Waals surface area (Å²) in [6.45, 7) is 5.81. The van der Waals surface area contributed by atoms with Gasteiger partial charge in [0, 0.05) is 43.7 Å². The predicted octanol–water partition coefficient (Wildman–Crippen LogP) is 3.98. The van der Waals surface area contributed by atoms with Crippen LogP contribution in [0.5, 0.6) is 5.75 Å². The number of hydrogen-bond donors (Lipinski definition) is 0. The molecule has 4 rings (SSSR count). The first kappa shape index (κ1) is 20.5. The monoisotopic (exact) mass is 425 g/mol. The van der Waals surface area contributed by atoms with Gasteiger partial charge in [-0.3, -0.25) is 9.69 Å². The van der Waals surface area contributed by atoms with Crippen LogP contribution in [0.3, 0.4) is 0 Å². The number of aromatic nitrogens is 1. The molecule has 1 aromatic heterocycles. The Morgan fingerprint density at radius 2 is 1.77 bits per heavy atom. The maximum absolute atomic E-state index is 13.1. The van der Waals surface area contributed by atoms with Gasteiger partial charge < -0.3 is 9.64 Å². The van der Waals surface area contributed by atoms with Crippen molar-refractivity contribution in [2.75, 3.05) is 32.8 Å². The third-order valence-corrected chi connectivity index (χ3v) is 6.08. The Morgan fingerprint density at radius 1 is 1.07 bits per heavy atom. The first-order valence-corrected chi connectivity index (χ1v) is 10.8. The second kappa shape index (κ2) is 9.36. The van der Waals surface area contributed by atoms with Crippen LogP contribution in [0.25, 0.3) is 10.6 Å². The topological polar surface area (TPSA) is 45.7 Å². The van der Waals surface area contributed by atoms with Gasteiger partial charge in [-0.25, -0.2) is 9.37 Å². The summed E-state index contributed by atoms with van der Waals surface area (Å²) in [6, 6.07) is 14.1. The van der Waals surface area contributed by atoms with E-state index in [-0.39, 0.29) is 18.3 Å². The number of ether oxygens (including phenoxy) is 1. The number of carbonyl (C=O) groups excluding carboxylic acids is 1. The minimum Gasteiger partial charge on any atom is -0.484 e. The molecule has 0 unspecified atom stereocenters. The van der Waals surface area contributed by atoms with Crippen LogP contribution in [-0.2, 0) is 11.3 Å². The van der Waals surface area contributed by atoms with E-state index in [0.717, 1.165) is 41.5 Å². The number of piperazine rings is 1. The normalized spacial score (nSPS) is 14.7. The van der Waals surface area contributed by atoms with E-state index in [0.29, 0.717) is 18.8 Å². The van der Waals surface area contributed by atoms with Crippen LogP contribution in [-0.4, -0.2) is 53.5 Å². The van der Waals surface area contributed by atoms with Gasteiger partial charge in [0.05, 0.1) is 5.69 Å². The van der Waals surface area contributed by atoms with Gasteiger partial charge in [-0.05, 0) is 43.3 Å². The SMILES string of the molecule is Cc1ccc(OCC(=O)N2CCN(Cc3csc(-c4ccc(F)cc4)n3)CC2)cc1. The van der Waals surface area contributed by atoms with Crippen molar-refractivity contribution >= 4 is 17.2 Å². The Labute approximate surface area is 179 Å². The number of halogens is 1. The first-order chi connectivity index (χ1) is 14.6. The molecule has 1 aliphatic heterocycles. The lowest BCUT2D eigenvalue weighted by atomic mass is 10.2. The molecule has 5 nitrogen and oxygen atoms in total. The average molecular weight is 426 g/mol. The molecule has 0 saturated carbocycles. The van der Waals surface area contributed by atoms with Gasteiger partial charge in [0.25, 0.3) is 5.91 Å². The summed E-state index contributed by atoms with van der Waals surface area (Å²) < 4.78 is 18.7. The molecule has 0 N–H and O–H groups in total. The van der Waals surface area contributed by atoms with Gasteiger partial charge in [-0.1, -0.05) is 17.7 Å². The largest absolute Gasteiger partial charge is 0.484 e. The smallest absolute Gasteiger partial charge is 0.260 e. The third-order valence-electron chi connectivity index (χ3n) is 5.14. The summed E-state index contributed by atoms with van der Waals surface area (Å²) in [5.41, 5.74) is 3.09. The van der Waals surface area contributed by atoms with Gasteiger partial charge in [-0.15, -0.1) is 11.3 Å². The third kappa shape index (κ3) is 5.23. The second-order valence-corrected chi connectivity index (χ2v) is 8.27. The van der Waals surface area contributed by atoms with Crippen LogP contribution in [0.15, 0.2) is 53.9 Å². The van der Waals surface area contributed by atoms with E-state index in [2.05, 4.69) is 9.88 Å². The fourth-order valence-electron chi connectivity index (χ4n) is 3.36. The highest BCUT2D eigenvalue weighted by atomic mass is 32.1. The van der Waals surface area contributed by atoms with Crippen molar-refractivity contribution in [2.24, 2.45) is 0 Å². The zero-order valence-electron chi connectivity index (χ0n) is 16.9. The van der Waals surface area contributed by atoms with E-state index < -0.39 is 0 Å². The molecule has 0 spiro atoms. The molecule has 7 heteroatoms. The average Bonchev–Trinajstić information content (AvgIpc) is 3.22.